The maximum atomic E-state index is 13.7. The number of nitro benzene ring substituents is 1. The van der Waals surface area contributed by atoms with Crippen molar-refractivity contribution in [2.45, 2.75) is 11.8 Å². The SMILES string of the molecule is COCC(Cl)CCNC(=O)c1cc(F)cc([N+](=O)[O-])c1F. The zero-order chi connectivity index (χ0) is 16.0. The van der Waals surface area contributed by atoms with Crippen LogP contribution in [0.1, 0.15) is 16.8 Å². The molecule has 0 bridgehead atoms. The van der Waals surface area contributed by atoms with E-state index in [1.54, 1.807) is 0 Å². The summed E-state index contributed by atoms with van der Waals surface area (Å²) in [5, 5.41) is 12.5. The van der Waals surface area contributed by atoms with E-state index < -0.39 is 33.7 Å². The molecule has 0 aliphatic carbocycles. The van der Waals surface area contributed by atoms with Crippen molar-refractivity contribution in [2.75, 3.05) is 20.3 Å². The largest absolute Gasteiger partial charge is 0.383 e. The number of hydrogen-bond acceptors (Lipinski definition) is 4. The summed E-state index contributed by atoms with van der Waals surface area (Å²) in [7, 11) is 1.47. The molecule has 0 heterocycles. The minimum atomic E-state index is -1.38. The lowest BCUT2D eigenvalue weighted by atomic mass is 10.1. The lowest BCUT2D eigenvalue weighted by molar-refractivity contribution is -0.387. The van der Waals surface area contributed by atoms with Gasteiger partial charge in [-0.3, -0.25) is 14.9 Å². The van der Waals surface area contributed by atoms with Crippen molar-refractivity contribution in [3.63, 3.8) is 0 Å². The number of amides is 1. The van der Waals surface area contributed by atoms with Gasteiger partial charge in [0, 0.05) is 13.7 Å². The van der Waals surface area contributed by atoms with Crippen LogP contribution in [-0.4, -0.2) is 36.5 Å². The van der Waals surface area contributed by atoms with E-state index in [4.69, 9.17) is 16.3 Å². The van der Waals surface area contributed by atoms with E-state index in [-0.39, 0.29) is 18.5 Å². The Morgan fingerprint density at radius 2 is 2.19 bits per heavy atom. The fourth-order valence-electron chi connectivity index (χ4n) is 1.57. The third kappa shape index (κ3) is 4.91. The van der Waals surface area contributed by atoms with Crippen molar-refractivity contribution in [1.29, 1.82) is 0 Å². The molecule has 1 atom stereocenters. The number of hydrogen-bond donors (Lipinski definition) is 1. The molecule has 0 aliphatic heterocycles. The maximum absolute atomic E-state index is 13.7. The van der Waals surface area contributed by atoms with Gasteiger partial charge in [-0.25, -0.2) is 4.39 Å². The Morgan fingerprint density at radius 1 is 1.52 bits per heavy atom. The van der Waals surface area contributed by atoms with E-state index in [1.807, 2.05) is 0 Å². The monoisotopic (exact) mass is 322 g/mol. The standard InChI is InChI=1S/C12H13ClF2N2O4/c1-21-6-7(13)2-3-16-12(18)9-4-8(14)5-10(11(9)15)17(19)20/h4-5,7H,2-3,6H2,1H3,(H,16,18). The Hall–Kier alpha value is -1.80. The molecule has 1 unspecified atom stereocenters. The first-order valence-corrected chi connectivity index (χ1v) is 6.35. The predicted molar refractivity (Wildman–Crippen MR) is 71.5 cm³/mol. The highest BCUT2D eigenvalue weighted by atomic mass is 35.5. The summed E-state index contributed by atoms with van der Waals surface area (Å²) >= 11 is 5.83. The van der Waals surface area contributed by atoms with E-state index >= 15 is 0 Å². The molecule has 1 aromatic rings. The first kappa shape index (κ1) is 17.3. The zero-order valence-electron chi connectivity index (χ0n) is 11.1. The summed E-state index contributed by atoms with van der Waals surface area (Å²) in [6.07, 6.45) is 0.347. The Labute approximate surface area is 124 Å². The Balaban J connectivity index is 2.77. The fraction of sp³-hybridized carbons (Fsp3) is 0.417. The number of alkyl halides is 1. The molecule has 0 spiro atoms. The van der Waals surface area contributed by atoms with Gasteiger partial charge in [0.05, 0.1) is 28.5 Å². The lowest BCUT2D eigenvalue weighted by Gasteiger charge is -2.09. The van der Waals surface area contributed by atoms with Crippen molar-refractivity contribution in [1.82, 2.24) is 5.32 Å². The van der Waals surface area contributed by atoms with Crippen LogP contribution in [0.3, 0.4) is 0 Å². The van der Waals surface area contributed by atoms with Crippen molar-refractivity contribution in [3.05, 3.63) is 39.4 Å². The van der Waals surface area contributed by atoms with Crippen molar-refractivity contribution >= 4 is 23.2 Å². The predicted octanol–water partition coefficient (Wildman–Crippen LogP) is 2.25. The van der Waals surface area contributed by atoms with Crippen molar-refractivity contribution < 1.29 is 23.2 Å². The summed E-state index contributed by atoms with van der Waals surface area (Å²) in [6, 6.07) is 1.02. The van der Waals surface area contributed by atoms with Crippen LogP contribution in [0, 0.1) is 21.7 Å². The molecule has 6 nitrogen and oxygen atoms in total. The Bertz CT molecular complexity index is 542. The second kappa shape index (κ2) is 7.84. The van der Waals surface area contributed by atoms with Crippen molar-refractivity contribution in [3.8, 4) is 0 Å². The molecular formula is C12H13ClF2N2O4. The van der Waals surface area contributed by atoms with Crippen LogP contribution in [0.5, 0.6) is 0 Å². The quantitative estimate of drug-likeness (QED) is 0.474. The van der Waals surface area contributed by atoms with Crippen LogP contribution in [-0.2, 0) is 4.74 Å². The van der Waals surface area contributed by atoms with E-state index in [0.717, 1.165) is 0 Å². The van der Waals surface area contributed by atoms with Crippen LogP contribution >= 0.6 is 11.6 Å². The molecule has 0 fully saturated rings. The lowest BCUT2D eigenvalue weighted by Crippen LogP contribution is -2.28. The number of carbonyl (C=O) groups excluding carboxylic acids is 1. The zero-order valence-corrected chi connectivity index (χ0v) is 11.8. The summed E-state index contributed by atoms with van der Waals surface area (Å²) in [4.78, 5) is 21.2. The first-order valence-electron chi connectivity index (χ1n) is 5.91. The van der Waals surface area contributed by atoms with Crippen LogP contribution in [0.2, 0.25) is 0 Å². The topological polar surface area (TPSA) is 81.5 Å². The second-order valence-electron chi connectivity index (χ2n) is 4.14. The van der Waals surface area contributed by atoms with Crippen LogP contribution in [0.15, 0.2) is 12.1 Å². The molecule has 1 rings (SSSR count). The molecule has 0 radical (unpaired) electrons. The average molecular weight is 323 g/mol. The number of nitrogens with zero attached hydrogens (tertiary/aromatic N) is 1. The third-order valence-electron chi connectivity index (χ3n) is 2.55. The molecule has 1 amide bonds. The van der Waals surface area contributed by atoms with Gasteiger partial charge in [0.2, 0.25) is 5.82 Å². The fourth-order valence-corrected chi connectivity index (χ4v) is 1.81. The summed E-state index contributed by atoms with van der Waals surface area (Å²) in [5.74, 6) is -3.39. The summed E-state index contributed by atoms with van der Waals surface area (Å²) in [5.41, 5.74) is -1.81. The van der Waals surface area contributed by atoms with Crippen LogP contribution < -0.4 is 5.32 Å². The minimum absolute atomic E-state index is 0.0973. The molecule has 9 heteroatoms. The third-order valence-corrected chi connectivity index (χ3v) is 2.89. The molecule has 0 aromatic heterocycles. The second-order valence-corrected chi connectivity index (χ2v) is 4.76. The van der Waals surface area contributed by atoms with E-state index in [1.165, 1.54) is 7.11 Å². The normalized spacial score (nSPS) is 12.0. The number of rotatable bonds is 7. The number of nitro groups is 1. The highest BCUT2D eigenvalue weighted by Crippen LogP contribution is 2.22. The number of ether oxygens (including phenoxy) is 1. The van der Waals surface area contributed by atoms with E-state index in [0.29, 0.717) is 18.6 Å². The van der Waals surface area contributed by atoms with E-state index in [2.05, 4.69) is 5.32 Å². The van der Waals surface area contributed by atoms with Gasteiger partial charge in [-0.2, -0.15) is 4.39 Å². The van der Waals surface area contributed by atoms with Gasteiger partial charge in [-0.15, -0.1) is 11.6 Å². The van der Waals surface area contributed by atoms with Gasteiger partial charge >= 0.3 is 5.69 Å². The highest BCUT2D eigenvalue weighted by molar-refractivity contribution is 6.20. The Morgan fingerprint density at radius 3 is 2.76 bits per heavy atom. The first-order chi connectivity index (χ1) is 9.86. The highest BCUT2D eigenvalue weighted by Gasteiger charge is 2.24. The minimum Gasteiger partial charge on any atom is -0.383 e. The molecule has 0 saturated carbocycles. The Kier molecular flexibility index (Phi) is 6.44. The molecule has 1 N–H and O–H groups in total. The average Bonchev–Trinajstić information content (AvgIpc) is 2.40. The van der Waals surface area contributed by atoms with Crippen LogP contribution in [0.4, 0.5) is 14.5 Å². The number of methoxy groups -OCH3 is 1. The molecule has 21 heavy (non-hydrogen) atoms. The van der Waals surface area contributed by atoms with Crippen LogP contribution in [0.25, 0.3) is 0 Å². The van der Waals surface area contributed by atoms with Gasteiger partial charge in [-0.05, 0) is 12.5 Å². The van der Waals surface area contributed by atoms with Gasteiger partial charge in [0.15, 0.2) is 0 Å². The molecular weight excluding hydrogens is 310 g/mol. The number of benzene rings is 1. The molecule has 0 saturated heterocycles. The maximum Gasteiger partial charge on any atom is 0.308 e. The summed E-state index contributed by atoms with van der Waals surface area (Å²) in [6.45, 7) is 0.372. The summed E-state index contributed by atoms with van der Waals surface area (Å²) < 4.78 is 31.7. The number of nitrogens with one attached hydrogen (secondary N) is 1. The molecule has 1 aromatic carbocycles. The smallest absolute Gasteiger partial charge is 0.308 e. The van der Waals surface area contributed by atoms with Gasteiger partial charge in [-0.1, -0.05) is 0 Å². The number of carbonyl (C=O) groups is 1. The van der Waals surface area contributed by atoms with Crippen molar-refractivity contribution in [2.24, 2.45) is 0 Å². The number of halogens is 3. The van der Waals surface area contributed by atoms with Gasteiger partial charge < -0.3 is 10.1 Å². The molecule has 0 aliphatic rings. The van der Waals surface area contributed by atoms with Gasteiger partial charge in [0.25, 0.3) is 5.91 Å². The van der Waals surface area contributed by atoms with Gasteiger partial charge in [0.1, 0.15) is 5.82 Å². The van der Waals surface area contributed by atoms with E-state index in [9.17, 15) is 23.7 Å². The molecule has 116 valence electrons.